The molecule has 2 atom stereocenters. The molecule has 2 fully saturated rings. The van der Waals surface area contributed by atoms with E-state index >= 15 is 0 Å². The molecule has 4 rings (SSSR count). The van der Waals surface area contributed by atoms with Crippen LogP contribution in [0.15, 0.2) is 18.3 Å². The molecule has 0 N–H and O–H groups in total. The van der Waals surface area contributed by atoms with Gasteiger partial charge in [0.25, 0.3) is 0 Å². The monoisotopic (exact) mass is 351 g/mol. The second kappa shape index (κ2) is 6.28. The highest BCUT2D eigenvalue weighted by Crippen LogP contribution is 2.36. The molecule has 1 aromatic heterocycles. The van der Waals surface area contributed by atoms with Crippen molar-refractivity contribution in [3.05, 3.63) is 23.9 Å². The van der Waals surface area contributed by atoms with E-state index in [1.807, 2.05) is 19.1 Å². The molecule has 3 heterocycles. The van der Waals surface area contributed by atoms with Crippen LogP contribution in [0, 0.1) is 0 Å². The van der Waals surface area contributed by atoms with Gasteiger partial charge in [-0.3, -0.25) is 0 Å². The van der Waals surface area contributed by atoms with E-state index in [4.69, 9.17) is 4.74 Å². The van der Waals surface area contributed by atoms with Crippen molar-refractivity contribution < 1.29 is 13.2 Å². The number of rotatable bonds is 4. The van der Waals surface area contributed by atoms with Crippen LogP contribution in [0.2, 0.25) is 0 Å². The van der Waals surface area contributed by atoms with Gasteiger partial charge in [-0.05, 0) is 32.3 Å². The van der Waals surface area contributed by atoms with Crippen molar-refractivity contribution in [2.75, 3.05) is 24.6 Å². The maximum Gasteiger partial charge on any atom is 0.217 e. The van der Waals surface area contributed by atoms with Crippen LogP contribution in [0.1, 0.15) is 38.2 Å². The van der Waals surface area contributed by atoms with E-state index in [-0.39, 0.29) is 17.4 Å². The van der Waals surface area contributed by atoms with Crippen molar-refractivity contribution in [3.63, 3.8) is 0 Å². The molecule has 1 aliphatic carbocycles. The minimum atomic E-state index is -3.22. The number of pyridine rings is 1. The Morgan fingerprint density at radius 2 is 2.17 bits per heavy atom. The highest BCUT2D eigenvalue weighted by atomic mass is 32.2. The van der Waals surface area contributed by atoms with Gasteiger partial charge in [0.15, 0.2) is 0 Å². The van der Waals surface area contributed by atoms with Crippen molar-refractivity contribution in [3.8, 4) is 0 Å². The van der Waals surface area contributed by atoms with Gasteiger partial charge < -0.3 is 9.64 Å². The topological polar surface area (TPSA) is 62.7 Å². The third-order valence-electron chi connectivity index (χ3n) is 5.51. The minimum Gasteiger partial charge on any atom is -0.377 e. The van der Waals surface area contributed by atoms with Crippen molar-refractivity contribution in [2.24, 2.45) is 0 Å². The third kappa shape index (κ3) is 2.72. The molecule has 1 aromatic rings. The van der Waals surface area contributed by atoms with Crippen molar-refractivity contribution in [1.82, 2.24) is 9.29 Å². The van der Waals surface area contributed by atoms with Gasteiger partial charge in [0.1, 0.15) is 5.82 Å². The summed E-state index contributed by atoms with van der Waals surface area (Å²) >= 11 is 0. The molecule has 6 nitrogen and oxygen atoms in total. The maximum atomic E-state index is 13.0. The first-order chi connectivity index (χ1) is 11.6. The smallest absolute Gasteiger partial charge is 0.217 e. The summed E-state index contributed by atoms with van der Waals surface area (Å²) in [5.41, 5.74) is 1.00. The molecule has 1 saturated carbocycles. The molecule has 3 aliphatic rings. The fraction of sp³-hybridized carbons (Fsp3) is 0.706. The van der Waals surface area contributed by atoms with E-state index in [2.05, 4.69) is 9.88 Å². The Balaban J connectivity index is 1.67. The highest BCUT2D eigenvalue weighted by Gasteiger charge is 2.43. The zero-order chi connectivity index (χ0) is 16.7. The lowest BCUT2D eigenvalue weighted by atomic mass is 10.0. The zero-order valence-electron chi connectivity index (χ0n) is 14.1. The number of ether oxygens (including phenoxy) is 1. The van der Waals surface area contributed by atoms with Crippen LogP contribution in [0.5, 0.6) is 0 Å². The van der Waals surface area contributed by atoms with Gasteiger partial charge >= 0.3 is 0 Å². The summed E-state index contributed by atoms with van der Waals surface area (Å²) in [6, 6.07) is 4.04. The minimum absolute atomic E-state index is 0.146. The van der Waals surface area contributed by atoms with Gasteiger partial charge in [0.05, 0.1) is 11.4 Å². The molecule has 1 saturated heterocycles. The van der Waals surface area contributed by atoms with Crippen LogP contribution in [0.3, 0.4) is 0 Å². The number of sulfonamides is 1. The average molecular weight is 351 g/mol. The summed E-state index contributed by atoms with van der Waals surface area (Å²) in [5, 5.41) is -0.187. The Hall–Kier alpha value is -1.18. The normalized spacial score (nSPS) is 28.1. The average Bonchev–Trinajstić information content (AvgIpc) is 2.80. The highest BCUT2D eigenvalue weighted by molar-refractivity contribution is 7.89. The van der Waals surface area contributed by atoms with Gasteiger partial charge in [0.2, 0.25) is 10.0 Å². The predicted molar refractivity (Wildman–Crippen MR) is 92.4 cm³/mol. The van der Waals surface area contributed by atoms with Crippen LogP contribution >= 0.6 is 0 Å². The Labute approximate surface area is 143 Å². The van der Waals surface area contributed by atoms with Crippen LogP contribution in [-0.2, 0) is 21.3 Å². The molecule has 0 spiro atoms. The molecule has 0 unspecified atom stereocenters. The summed E-state index contributed by atoms with van der Waals surface area (Å²) in [6.07, 6.45) is 5.43. The first kappa shape index (κ1) is 16.3. The Kier molecular flexibility index (Phi) is 4.26. The first-order valence-corrected chi connectivity index (χ1v) is 10.4. The predicted octanol–water partition coefficient (Wildman–Crippen LogP) is 1.76. The van der Waals surface area contributed by atoms with E-state index in [9.17, 15) is 8.42 Å². The van der Waals surface area contributed by atoms with Crippen LogP contribution < -0.4 is 4.90 Å². The summed E-state index contributed by atoms with van der Waals surface area (Å²) in [4.78, 5) is 6.82. The maximum absolute atomic E-state index is 13.0. The van der Waals surface area contributed by atoms with Crippen LogP contribution in [-0.4, -0.2) is 54.8 Å². The lowest BCUT2D eigenvalue weighted by Gasteiger charge is -2.32. The molecule has 0 radical (unpaired) electrons. The zero-order valence-corrected chi connectivity index (χ0v) is 14.9. The summed E-state index contributed by atoms with van der Waals surface area (Å²) in [5.74, 6) is 0.927. The summed E-state index contributed by atoms with van der Waals surface area (Å²) in [6.45, 7) is 4.46. The van der Waals surface area contributed by atoms with E-state index in [0.29, 0.717) is 19.7 Å². The molecule has 0 amide bonds. The molecule has 24 heavy (non-hydrogen) atoms. The van der Waals surface area contributed by atoms with E-state index in [0.717, 1.165) is 43.6 Å². The van der Waals surface area contributed by atoms with Gasteiger partial charge in [-0.1, -0.05) is 12.5 Å². The molecule has 0 bridgehead atoms. The van der Waals surface area contributed by atoms with E-state index < -0.39 is 10.0 Å². The molecule has 2 aliphatic heterocycles. The first-order valence-electron chi connectivity index (χ1n) is 8.90. The fourth-order valence-electron chi connectivity index (χ4n) is 4.04. The van der Waals surface area contributed by atoms with Gasteiger partial charge in [-0.15, -0.1) is 0 Å². The van der Waals surface area contributed by atoms with Crippen molar-refractivity contribution in [2.45, 2.75) is 56.5 Å². The number of aromatic nitrogens is 1. The Morgan fingerprint density at radius 3 is 2.88 bits per heavy atom. The second-order valence-corrected chi connectivity index (χ2v) is 9.21. The lowest BCUT2D eigenvalue weighted by Crippen LogP contribution is -2.45. The Morgan fingerprint density at radius 1 is 1.33 bits per heavy atom. The van der Waals surface area contributed by atoms with Gasteiger partial charge in [0, 0.05) is 44.0 Å². The van der Waals surface area contributed by atoms with E-state index in [1.165, 1.54) is 0 Å². The molecule has 132 valence electrons. The fourth-order valence-corrected chi connectivity index (χ4v) is 6.09. The molecular weight excluding hydrogens is 326 g/mol. The SMILES string of the molecule is CCO[C@@H]1C[C@@H]2CN(S(=O)(=O)C3CCC3)Cc3cccnc3N2C1. The largest absolute Gasteiger partial charge is 0.377 e. The second-order valence-electron chi connectivity index (χ2n) is 7.00. The standard InChI is InChI=1S/C17H25N3O3S/c1-2-23-15-9-14-11-19(24(21,22)16-6-3-7-16)10-13-5-4-8-18-17(13)20(14)12-15/h4-5,8,14-16H,2-3,6-7,9-12H2,1H3/t14-,15-/m1/s1. The number of hydrogen-bond acceptors (Lipinski definition) is 5. The van der Waals surface area contributed by atoms with Crippen LogP contribution in [0.25, 0.3) is 0 Å². The number of hydrogen-bond donors (Lipinski definition) is 0. The quantitative estimate of drug-likeness (QED) is 0.827. The molecule has 7 heteroatoms. The summed E-state index contributed by atoms with van der Waals surface area (Å²) in [7, 11) is -3.22. The summed E-state index contributed by atoms with van der Waals surface area (Å²) < 4.78 is 33.5. The molecule has 0 aromatic carbocycles. The number of anilines is 1. The van der Waals surface area contributed by atoms with Gasteiger partial charge in [-0.25, -0.2) is 13.4 Å². The van der Waals surface area contributed by atoms with Crippen molar-refractivity contribution in [1.29, 1.82) is 0 Å². The lowest BCUT2D eigenvalue weighted by molar-refractivity contribution is 0.0758. The number of nitrogens with zero attached hydrogens (tertiary/aromatic N) is 3. The van der Waals surface area contributed by atoms with Gasteiger partial charge in [-0.2, -0.15) is 4.31 Å². The third-order valence-corrected chi connectivity index (χ3v) is 7.82. The van der Waals surface area contributed by atoms with E-state index in [1.54, 1.807) is 10.5 Å². The molecular formula is C17H25N3O3S. The van der Waals surface area contributed by atoms with Crippen molar-refractivity contribution >= 4 is 15.8 Å². The number of fused-ring (bicyclic) bond motifs is 3. The van der Waals surface area contributed by atoms with Crippen LogP contribution in [0.4, 0.5) is 5.82 Å². The Bertz CT molecular complexity index is 705.